The first-order chi connectivity index (χ1) is 18.3. The fraction of sp³-hybridized carbons (Fsp3) is 0.533. The molecule has 2 atom stereocenters. The molecule has 0 saturated carbocycles. The van der Waals surface area contributed by atoms with Gasteiger partial charge in [-0.25, -0.2) is 8.42 Å². The van der Waals surface area contributed by atoms with E-state index in [4.69, 9.17) is 0 Å². The number of amides is 2. The van der Waals surface area contributed by atoms with Crippen LogP contribution in [0.15, 0.2) is 53.4 Å². The molecule has 2 heterocycles. The van der Waals surface area contributed by atoms with E-state index in [9.17, 15) is 18.0 Å². The SMILES string of the molecule is CCC(CC)C1C(=O)NC(C2Cc3ccccc3C2)C(=O)N1Cc1ccccc1S(=O)(=O)C1CCNCC1. The molecule has 2 N–H and O–H groups in total. The molecular weight excluding hydrogens is 498 g/mol. The van der Waals surface area contributed by atoms with Crippen molar-refractivity contribution in [3.8, 4) is 0 Å². The minimum absolute atomic E-state index is 0.00568. The van der Waals surface area contributed by atoms with Gasteiger partial charge in [0.2, 0.25) is 11.8 Å². The van der Waals surface area contributed by atoms with Gasteiger partial charge in [-0.1, -0.05) is 69.2 Å². The maximum Gasteiger partial charge on any atom is 0.246 e. The van der Waals surface area contributed by atoms with Crippen molar-refractivity contribution in [2.24, 2.45) is 11.8 Å². The number of nitrogens with one attached hydrogen (secondary N) is 2. The summed E-state index contributed by atoms with van der Waals surface area (Å²) in [6.07, 6.45) is 4.15. The quantitative estimate of drug-likeness (QED) is 0.539. The van der Waals surface area contributed by atoms with Crippen LogP contribution in [-0.2, 0) is 38.8 Å². The van der Waals surface area contributed by atoms with E-state index < -0.39 is 27.2 Å². The summed E-state index contributed by atoms with van der Waals surface area (Å²) in [5, 5.41) is 5.90. The molecular formula is C30H39N3O4S. The number of fused-ring (bicyclic) bond motifs is 1. The zero-order valence-electron chi connectivity index (χ0n) is 22.4. The Kier molecular flexibility index (Phi) is 7.91. The molecule has 38 heavy (non-hydrogen) atoms. The third-order valence-corrected chi connectivity index (χ3v) is 11.2. The van der Waals surface area contributed by atoms with Gasteiger partial charge in [-0.15, -0.1) is 0 Å². The Morgan fingerprint density at radius 2 is 1.53 bits per heavy atom. The van der Waals surface area contributed by atoms with E-state index in [1.165, 1.54) is 11.1 Å². The summed E-state index contributed by atoms with van der Waals surface area (Å²) in [7, 11) is -3.57. The van der Waals surface area contributed by atoms with Crippen molar-refractivity contribution < 1.29 is 18.0 Å². The predicted molar refractivity (Wildman–Crippen MR) is 147 cm³/mol. The lowest BCUT2D eigenvalue weighted by Gasteiger charge is -2.44. The second-order valence-corrected chi connectivity index (χ2v) is 13.2. The van der Waals surface area contributed by atoms with Crippen LogP contribution in [0.4, 0.5) is 0 Å². The van der Waals surface area contributed by atoms with Crippen LogP contribution in [0, 0.1) is 11.8 Å². The number of hydrogen-bond donors (Lipinski definition) is 2. The first-order valence-electron chi connectivity index (χ1n) is 14.0. The molecule has 2 fully saturated rings. The largest absolute Gasteiger partial charge is 0.342 e. The molecule has 2 aromatic carbocycles. The lowest BCUT2D eigenvalue weighted by molar-refractivity contribution is -0.154. The second-order valence-electron chi connectivity index (χ2n) is 11.0. The van der Waals surface area contributed by atoms with Gasteiger partial charge >= 0.3 is 0 Å². The standard InChI is InChI=1S/C30H39N3O4S/c1-3-20(4-2)28-29(34)32-27(24-17-21-9-5-6-10-22(21)18-24)30(35)33(28)19-23-11-7-8-12-26(23)38(36,37)25-13-15-31-16-14-25/h5-12,20,24-25,27-28,31H,3-4,13-19H2,1-2H3,(H,32,34). The molecule has 5 rings (SSSR count). The third kappa shape index (κ3) is 5.00. The molecule has 1 aliphatic carbocycles. The van der Waals surface area contributed by atoms with Gasteiger partial charge in [0, 0.05) is 6.54 Å². The Labute approximate surface area is 226 Å². The molecule has 0 radical (unpaired) electrons. The lowest BCUT2D eigenvalue weighted by Crippen LogP contribution is -2.66. The molecule has 8 heteroatoms. The molecule has 0 spiro atoms. The Hall–Kier alpha value is -2.71. The maximum atomic E-state index is 14.2. The number of nitrogens with zero attached hydrogens (tertiary/aromatic N) is 1. The van der Waals surface area contributed by atoms with Gasteiger partial charge in [-0.05, 0) is 73.4 Å². The fourth-order valence-electron chi connectivity index (χ4n) is 6.67. The number of sulfone groups is 1. The van der Waals surface area contributed by atoms with Crippen LogP contribution in [-0.4, -0.2) is 55.6 Å². The van der Waals surface area contributed by atoms with Crippen LogP contribution in [0.1, 0.15) is 56.2 Å². The van der Waals surface area contributed by atoms with E-state index in [0.29, 0.717) is 36.4 Å². The Morgan fingerprint density at radius 1 is 0.921 bits per heavy atom. The zero-order chi connectivity index (χ0) is 26.9. The molecule has 0 aromatic heterocycles. The van der Waals surface area contributed by atoms with Gasteiger partial charge in [-0.3, -0.25) is 9.59 Å². The number of benzene rings is 2. The summed E-state index contributed by atoms with van der Waals surface area (Å²) < 4.78 is 27.4. The van der Waals surface area contributed by atoms with E-state index >= 15 is 0 Å². The van der Waals surface area contributed by atoms with Gasteiger partial charge < -0.3 is 15.5 Å². The third-order valence-electron chi connectivity index (χ3n) is 8.85. The number of piperazine rings is 1. The molecule has 2 amide bonds. The van der Waals surface area contributed by atoms with E-state index in [1.54, 1.807) is 23.1 Å². The topological polar surface area (TPSA) is 95.6 Å². The zero-order valence-corrected chi connectivity index (χ0v) is 23.2. The van der Waals surface area contributed by atoms with Crippen LogP contribution in [0.3, 0.4) is 0 Å². The van der Waals surface area contributed by atoms with Crippen LogP contribution >= 0.6 is 0 Å². The smallest absolute Gasteiger partial charge is 0.246 e. The maximum absolute atomic E-state index is 14.2. The highest BCUT2D eigenvalue weighted by molar-refractivity contribution is 7.92. The van der Waals surface area contributed by atoms with E-state index in [0.717, 1.165) is 25.7 Å². The highest BCUT2D eigenvalue weighted by Gasteiger charge is 2.47. The van der Waals surface area contributed by atoms with Gasteiger partial charge in [0.15, 0.2) is 9.84 Å². The van der Waals surface area contributed by atoms with Gasteiger partial charge in [-0.2, -0.15) is 0 Å². The molecule has 2 aliphatic heterocycles. The normalized spacial score (nSPS) is 23.1. The van der Waals surface area contributed by atoms with Crippen molar-refractivity contribution in [2.75, 3.05) is 13.1 Å². The Balaban J connectivity index is 1.48. The monoisotopic (exact) mass is 537 g/mol. The molecule has 7 nitrogen and oxygen atoms in total. The van der Waals surface area contributed by atoms with Crippen molar-refractivity contribution in [3.05, 3.63) is 65.2 Å². The van der Waals surface area contributed by atoms with Gasteiger partial charge in [0.05, 0.1) is 10.1 Å². The number of carbonyl (C=O) groups is 2. The number of hydrogen-bond acceptors (Lipinski definition) is 5. The number of carbonyl (C=O) groups excluding carboxylic acids is 2. The molecule has 2 aromatic rings. The van der Waals surface area contributed by atoms with E-state index in [2.05, 4.69) is 22.8 Å². The summed E-state index contributed by atoms with van der Waals surface area (Å²) in [5.74, 6) is -0.247. The molecule has 204 valence electrons. The average molecular weight is 538 g/mol. The first kappa shape index (κ1) is 26.9. The number of rotatable bonds is 8. The van der Waals surface area contributed by atoms with Crippen LogP contribution < -0.4 is 10.6 Å². The molecule has 2 saturated heterocycles. The van der Waals surface area contributed by atoms with Crippen molar-refractivity contribution in [2.45, 2.75) is 81.1 Å². The van der Waals surface area contributed by atoms with Crippen LogP contribution in [0.5, 0.6) is 0 Å². The Morgan fingerprint density at radius 3 is 2.16 bits per heavy atom. The predicted octanol–water partition coefficient (Wildman–Crippen LogP) is 3.26. The van der Waals surface area contributed by atoms with Gasteiger partial charge in [0.25, 0.3) is 0 Å². The van der Waals surface area contributed by atoms with E-state index in [1.807, 2.05) is 32.0 Å². The minimum atomic E-state index is -3.57. The van der Waals surface area contributed by atoms with E-state index in [-0.39, 0.29) is 30.2 Å². The minimum Gasteiger partial charge on any atom is -0.342 e. The highest BCUT2D eigenvalue weighted by Crippen LogP contribution is 2.34. The lowest BCUT2D eigenvalue weighted by atomic mass is 9.86. The van der Waals surface area contributed by atoms with Crippen molar-refractivity contribution in [1.29, 1.82) is 0 Å². The number of piperidine rings is 1. The average Bonchev–Trinajstić information content (AvgIpc) is 3.37. The van der Waals surface area contributed by atoms with Crippen molar-refractivity contribution in [3.63, 3.8) is 0 Å². The van der Waals surface area contributed by atoms with Gasteiger partial charge in [0.1, 0.15) is 12.1 Å². The summed E-state index contributed by atoms with van der Waals surface area (Å²) in [5.41, 5.74) is 3.05. The fourth-order valence-corrected chi connectivity index (χ4v) is 8.65. The molecule has 0 bridgehead atoms. The van der Waals surface area contributed by atoms with Crippen molar-refractivity contribution >= 4 is 21.7 Å². The molecule has 2 unspecified atom stereocenters. The summed E-state index contributed by atoms with van der Waals surface area (Å²) in [6.45, 7) is 5.56. The second kappa shape index (κ2) is 11.2. The first-order valence-corrected chi connectivity index (χ1v) is 15.6. The van der Waals surface area contributed by atoms with Crippen molar-refractivity contribution in [1.82, 2.24) is 15.5 Å². The van der Waals surface area contributed by atoms with Crippen LogP contribution in [0.25, 0.3) is 0 Å². The summed E-state index contributed by atoms with van der Waals surface area (Å²) >= 11 is 0. The summed E-state index contributed by atoms with van der Waals surface area (Å²) in [4.78, 5) is 29.8. The molecule has 3 aliphatic rings. The highest BCUT2D eigenvalue weighted by atomic mass is 32.2. The Bertz CT molecular complexity index is 1260. The summed E-state index contributed by atoms with van der Waals surface area (Å²) in [6, 6.07) is 14.0. The van der Waals surface area contributed by atoms with Crippen LogP contribution in [0.2, 0.25) is 0 Å².